The van der Waals surface area contributed by atoms with E-state index >= 15 is 0 Å². The number of carbonyl (C=O) groups is 1. The minimum absolute atomic E-state index is 0.164. The maximum atomic E-state index is 12.2. The first-order valence-electron chi connectivity index (χ1n) is 12.7. The van der Waals surface area contributed by atoms with Crippen LogP contribution in [0.4, 0.5) is 0 Å². The van der Waals surface area contributed by atoms with Gasteiger partial charge in [0, 0.05) is 6.54 Å². The van der Waals surface area contributed by atoms with Crippen molar-refractivity contribution in [3.05, 3.63) is 17.8 Å². The molecule has 0 spiro atoms. The number of unbranched alkanes of at least 4 members (excludes halogenated alkanes) is 14. The van der Waals surface area contributed by atoms with Crippen LogP contribution in [0.25, 0.3) is 0 Å². The van der Waals surface area contributed by atoms with Crippen LogP contribution in [0, 0.1) is 0 Å². The van der Waals surface area contributed by atoms with Crippen LogP contribution in [0.2, 0.25) is 0 Å². The Labute approximate surface area is 185 Å². The lowest BCUT2D eigenvalue weighted by Gasteiger charge is -2.05. The lowest BCUT2D eigenvalue weighted by Crippen LogP contribution is -2.25. The molecule has 5 heteroatoms. The fourth-order valence-electron chi connectivity index (χ4n) is 3.72. The van der Waals surface area contributed by atoms with E-state index in [0.717, 1.165) is 25.7 Å². The molecule has 0 saturated heterocycles. The van der Waals surface area contributed by atoms with Crippen LogP contribution < -0.4 is 11.1 Å². The highest BCUT2D eigenvalue weighted by atomic mass is 16.3. The zero-order chi connectivity index (χ0) is 21.9. The van der Waals surface area contributed by atoms with Gasteiger partial charge in [-0.1, -0.05) is 110 Å². The number of nitrogens with one attached hydrogen (secondary N) is 1. The van der Waals surface area contributed by atoms with E-state index in [-0.39, 0.29) is 11.9 Å². The predicted octanol–water partition coefficient (Wildman–Crippen LogP) is 7.08. The number of hydrogen-bond donors (Lipinski definition) is 2. The first-order chi connectivity index (χ1) is 14.7. The molecule has 0 aliphatic rings. The van der Waals surface area contributed by atoms with Crippen LogP contribution >= 0.6 is 0 Å². The van der Waals surface area contributed by atoms with E-state index in [1.54, 1.807) is 0 Å². The molecule has 1 aromatic rings. The van der Waals surface area contributed by atoms with Gasteiger partial charge in [0.05, 0.1) is 6.04 Å². The molecular formula is C25H47N3O2. The maximum Gasteiger partial charge on any atom is 0.273 e. The Morgan fingerprint density at radius 1 is 0.867 bits per heavy atom. The first-order valence-corrected chi connectivity index (χ1v) is 12.7. The second-order valence-corrected chi connectivity index (χ2v) is 8.67. The molecule has 0 aliphatic heterocycles. The molecule has 0 aromatic carbocycles. The third-order valence-corrected chi connectivity index (χ3v) is 5.76. The largest absolute Gasteiger partial charge is 0.446 e. The fraction of sp³-hybridized carbons (Fsp3) is 0.840. The van der Waals surface area contributed by atoms with Gasteiger partial charge in [-0.05, 0) is 12.8 Å². The Balaban J connectivity index is 1.93. The summed E-state index contributed by atoms with van der Waals surface area (Å²) < 4.78 is 5.38. The molecule has 5 nitrogen and oxygen atoms in total. The normalized spacial score (nSPS) is 12.2. The van der Waals surface area contributed by atoms with Gasteiger partial charge in [-0.3, -0.25) is 4.79 Å². The van der Waals surface area contributed by atoms with Crippen molar-refractivity contribution in [2.24, 2.45) is 5.73 Å². The summed E-state index contributed by atoms with van der Waals surface area (Å²) in [5, 5.41) is 2.94. The minimum atomic E-state index is -0.225. The summed E-state index contributed by atoms with van der Waals surface area (Å²) >= 11 is 0. The van der Waals surface area contributed by atoms with E-state index in [0.29, 0.717) is 18.1 Å². The van der Waals surface area contributed by atoms with Gasteiger partial charge in [0.25, 0.3) is 5.91 Å². The molecule has 1 unspecified atom stereocenters. The monoisotopic (exact) mass is 421 g/mol. The molecule has 3 N–H and O–H groups in total. The molecule has 0 saturated carbocycles. The van der Waals surface area contributed by atoms with Gasteiger partial charge in [-0.25, -0.2) is 4.98 Å². The smallest absolute Gasteiger partial charge is 0.273 e. The number of rotatable bonds is 20. The number of carbonyl (C=O) groups excluding carboxylic acids is 1. The third kappa shape index (κ3) is 13.0. The topological polar surface area (TPSA) is 81.2 Å². The Morgan fingerprint density at radius 2 is 1.37 bits per heavy atom. The summed E-state index contributed by atoms with van der Waals surface area (Å²) in [6.07, 6.45) is 23.1. The van der Waals surface area contributed by atoms with Gasteiger partial charge in [-0.2, -0.15) is 0 Å². The highest BCUT2D eigenvalue weighted by Gasteiger charge is 2.16. The molecule has 30 heavy (non-hydrogen) atoms. The fourth-order valence-corrected chi connectivity index (χ4v) is 3.72. The summed E-state index contributed by atoms with van der Waals surface area (Å²) in [6, 6.07) is -0.225. The summed E-state index contributed by atoms with van der Waals surface area (Å²) in [5.74, 6) is 0.299. The van der Waals surface area contributed by atoms with Gasteiger partial charge in [-0.15, -0.1) is 0 Å². The Hall–Kier alpha value is -1.36. The molecule has 0 bridgehead atoms. The predicted molar refractivity (Wildman–Crippen MR) is 126 cm³/mol. The average Bonchev–Trinajstić information content (AvgIpc) is 3.25. The van der Waals surface area contributed by atoms with Crippen LogP contribution in [0.3, 0.4) is 0 Å². The van der Waals surface area contributed by atoms with Crippen molar-refractivity contribution in [1.82, 2.24) is 10.3 Å². The zero-order valence-electron chi connectivity index (χ0n) is 19.7. The third-order valence-electron chi connectivity index (χ3n) is 5.76. The standard InChI is InChI=1S/C25H47N3O2/c1-3-5-7-8-9-10-11-12-13-14-15-16-17-18-20-27-24(29)23-21-30-25(28-23)22(26)19-6-4-2/h21-22H,3-20,26H2,1-2H3,(H,27,29). The first kappa shape index (κ1) is 26.7. The van der Waals surface area contributed by atoms with E-state index in [4.69, 9.17) is 10.2 Å². The van der Waals surface area contributed by atoms with Gasteiger partial charge < -0.3 is 15.5 Å². The Morgan fingerprint density at radius 3 is 1.90 bits per heavy atom. The molecule has 174 valence electrons. The maximum absolute atomic E-state index is 12.2. The summed E-state index contributed by atoms with van der Waals surface area (Å²) in [4.78, 5) is 16.4. The van der Waals surface area contributed by atoms with Crippen molar-refractivity contribution >= 4 is 5.91 Å². The second kappa shape index (κ2) is 18.4. The Kier molecular flexibility index (Phi) is 16.4. The van der Waals surface area contributed by atoms with Gasteiger partial charge in [0.15, 0.2) is 5.69 Å². The second-order valence-electron chi connectivity index (χ2n) is 8.67. The van der Waals surface area contributed by atoms with Crippen molar-refractivity contribution in [3.63, 3.8) is 0 Å². The summed E-state index contributed by atoms with van der Waals surface area (Å²) in [5.41, 5.74) is 6.38. The highest BCUT2D eigenvalue weighted by Crippen LogP contribution is 2.16. The number of oxazole rings is 1. The van der Waals surface area contributed by atoms with E-state index in [1.165, 1.54) is 89.7 Å². The molecule has 0 radical (unpaired) electrons. The van der Waals surface area contributed by atoms with Crippen molar-refractivity contribution in [2.75, 3.05) is 6.54 Å². The summed E-state index contributed by atoms with van der Waals surface area (Å²) in [6.45, 7) is 5.09. The number of amides is 1. The minimum Gasteiger partial charge on any atom is -0.446 e. The molecule has 0 fully saturated rings. The van der Waals surface area contributed by atoms with Crippen LogP contribution in [-0.4, -0.2) is 17.4 Å². The van der Waals surface area contributed by atoms with Gasteiger partial charge >= 0.3 is 0 Å². The van der Waals surface area contributed by atoms with Crippen molar-refractivity contribution in [1.29, 1.82) is 0 Å². The van der Waals surface area contributed by atoms with Gasteiger partial charge in [0.1, 0.15) is 6.26 Å². The molecule has 1 aromatic heterocycles. The van der Waals surface area contributed by atoms with Crippen LogP contribution in [0.1, 0.15) is 145 Å². The Bertz CT molecular complexity index is 530. The van der Waals surface area contributed by atoms with Crippen molar-refractivity contribution < 1.29 is 9.21 Å². The zero-order valence-corrected chi connectivity index (χ0v) is 19.7. The summed E-state index contributed by atoms with van der Waals surface area (Å²) in [7, 11) is 0. The van der Waals surface area contributed by atoms with Crippen LogP contribution in [0.5, 0.6) is 0 Å². The van der Waals surface area contributed by atoms with Crippen LogP contribution in [-0.2, 0) is 0 Å². The molecular weight excluding hydrogens is 374 g/mol. The SMILES string of the molecule is CCCCCCCCCCCCCCCCNC(=O)c1coc(C(N)CCCC)n1. The van der Waals surface area contributed by atoms with E-state index in [9.17, 15) is 4.79 Å². The van der Waals surface area contributed by atoms with Crippen molar-refractivity contribution in [2.45, 2.75) is 129 Å². The number of nitrogens with zero attached hydrogens (tertiary/aromatic N) is 1. The van der Waals surface area contributed by atoms with Crippen LogP contribution in [0.15, 0.2) is 10.7 Å². The lowest BCUT2D eigenvalue weighted by molar-refractivity contribution is 0.0948. The molecule has 0 aliphatic carbocycles. The van der Waals surface area contributed by atoms with E-state index in [1.807, 2.05) is 0 Å². The molecule has 1 atom stereocenters. The lowest BCUT2D eigenvalue weighted by atomic mass is 10.0. The van der Waals surface area contributed by atoms with E-state index < -0.39 is 0 Å². The average molecular weight is 422 g/mol. The number of nitrogens with two attached hydrogens (primary N) is 1. The number of hydrogen-bond acceptors (Lipinski definition) is 4. The number of aromatic nitrogens is 1. The van der Waals surface area contributed by atoms with E-state index in [2.05, 4.69) is 24.1 Å². The molecule has 1 amide bonds. The van der Waals surface area contributed by atoms with Gasteiger partial charge in [0.2, 0.25) is 5.89 Å². The quantitative estimate of drug-likeness (QED) is 0.220. The van der Waals surface area contributed by atoms with Crippen molar-refractivity contribution in [3.8, 4) is 0 Å². The molecule has 1 heterocycles. The highest BCUT2D eigenvalue weighted by molar-refractivity contribution is 5.91. The molecule has 1 rings (SSSR count).